The number of aliphatic hydroxyl groups excluding tert-OH is 1. The molecule has 1 saturated heterocycles. The molecule has 0 spiro atoms. The molecule has 3 rings (SSSR count). The molecule has 0 saturated carbocycles. The molecule has 1 N–H and O–H groups in total. The van der Waals surface area contributed by atoms with Crippen molar-refractivity contribution in [1.29, 1.82) is 0 Å². The minimum absolute atomic E-state index is 0.249. The Labute approximate surface area is 122 Å². The summed E-state index contributed by atoms with van der Waals surface area (Å²) in [5, 5.41) is 13.8. The van der Waals surface area contributed by atoms with Gasteiger partial charge < -0.3 is 9.63 Å². The van der Waals surface area contributed by atoms with Gasteiger partial charge in [-0.25, -0.2) is 0 Å². The zero-order valence-electron chi connectivity index (χ0n) is 11.0. The van der Waals surface area contributed by atoms with Gasteiger partial charge in [0.05, 0.1) is 6.54 Å². The van der Waals surface area contributed by atoms with E-state index in [4.69, 9.17) is 21.2 Å². The van der Waals surface area contributed by atoms with E-state index in [9.17, 15) is 0 Å². The second-order valence-electron chi connectivity index (χ2n) is 5.10. The van der Waals surface area contributed by atoms with Gasteiger partial charge in [-0.3, -0.25) is 4.90 Å². The van der Waals surface area contributed by atoms with Crippen LogP contribution in [0.4, 0.5) is 0 Å². The highest BCUT2D eigenvalue weighted by molar-refractivity contribution is 6.30. The maximum Gasteiger partial charge on any atom is 0.257 e. The van der Waals surface area contributed by atoms with Gasteiger partial charge in [0, 0.05) is 23.7 Å². The van der Waals surface area contributed by atoms with Gasteiger partial charge in [-0.15, -0.1) is 0 Å². The molecule has 0 radical (unpaired) electrons. The van der Waals surface area contributed by atoms with Crippen molar-refractivity contribution < 1.29 is 9.63 Å². The van der Waals surface area contributed by atoms with E-state index in [-0.39, 0.29) is 6.61 Å². The highest BCUT2D eigenvalue weighted by Crippen LogP contribution is 2.21. The minimum atomic E-state index is 0.249. The average Bonchev–Trinajstić information content (AvgIpc) is 3.09. The molecular weight excluding hydrogens is 278 g/mol. The fourth-order valence-electron chi connectivity index (χ4n) is 2.43. The second kappa shape index (κ2) is 5.91. The van der Waals surface area contributed by atoms with E-state index in [1.807, 2.05) is 12.1 Å². The summed E-state index contributed by atoms with van der Waals surface area (Å²) >= 11 is 5.85. The maximum absolute atomic E-state index is 9.14. The lowest BCUT2D eigenvalue weighted by molar-refractivity contribution is 0.218. The van der Waals surface area contributed by atoms with Crippen LogP contribution in [0.1, 0.15) is 12.2 Å². The van der Waals surface area contributed by atoms with Crippen molar-refractivity contribution in [3.05, 3.63) is 35.1 Å². The fourth-order valence-corrected chi connectivity index (χ4v) is 2.56. The van der Waals surface area contributed by atoms with Crippen molar-refractivity contribution in [3.8, 4) is 11.5 Å². The van der Waals surface area contributed by atoms with Gasteiger partial charge >= 0.3 is 0 Å². The Bertz CT molecular complexity index is 570. The topological polar surface area (TPSA) is 62.4 Å². The molecule has 0 aliphatic carbocycles. The van der Waals surface area contributed by atoms with Crippen molar-refractivity contribution in [3.63, 3.8) is 0 Å². The normalized spacial score (nSPS) is 19.6. The Morgan fingerprint density at radius 2 is 2.15 bits per heavy atom. The third-order valence-corrected chi connectivity index (χ3v) is 3.80. The Morgan fingerprint density at radius 3 is 2.85 bits per heavy atom. The third-order valence-electron chi connectivity index (χ3n) is 3.55. The summed E-state index contributed by atoms with van der Waals surface area (Å²) in [7, 11) is 0. The Morgan fingerprint density at radius 1 is 1.35 bits per heavy atom. The SMILES string of the molecule is OCC1CCN(Cc2noc(-c3ccc(Cl)cc3)n2)C1. The molecule has 20 heavy (non-hydrogen) atoms. The van der Waals surface area contributed by atoms with Crippen molar-refractivity contribution in [2.24, 2.45) is 5.92 Å². The van der Waals surface area contributed by atoms with Crippen LogP contribution in [-0.2, 0) is 6.54 Å². The van der Waals surface area contributed by atoms with Crippen molar-refractivity contribution in [2.75, 3.05) is 19.7 Å². The molecule has 1 aliphatic rings. The predicted molar refractivity (Wildman–Crippen MR) is 75.2 cm³/mol. The van der Waals surface area contributed by atoms with Crippen molar-refractivity contribution >= 4 is 11.6 Å². The molecule has 6 heteroatoms. The molecule has 1 unspecified atom stereocenters. The van der Waals surface area contributed by atoms with Crippen LogP contribution < -0.4 is 0 Å². The lowest BCUT2D eigenvalue weighted by Gasteiger charge is -2.12. The highest BCUT2D eigenvalue weighted by atomic mass is 35.5. The number of likely N-dealkylation sites (tertiary alicyclic amines) is 1. The van der Waals surface area contributed by atoms with E-state index < -0.39 is 0 Å². The first kappa shape index (κ1) is 13.5. The number of benzene rings is 1. The number of hydrogen-bond acceptors (Lipinski definition) is 5. The van der Waals surface area contributed by atoms with Gasteiger partial charge in [0.15, 0.2) is 5.82 Å². The summed E-state index contributed by atoms with van der Waals surface area (Å²) < 4.78 is 5.27. The van der Waals surface area contributed by atoms with Crippen LogP contribution in [0.5, 0.6) is 0 Å². The predicted octanol–water partition coefficient (Wildman–Crippen LogP) is 2.20. The fraction of sp³-hybridized carbons (Fsp3) is 0.429. The maximum atomic E-state index is 9.14. The van der Waals surface area contributed by atoms with E-state index in [1.165, 1.54) is 0 Å². The van der Waals surface area contributed by atoms with E-state index in [0.717, 1.165) is 25.1 Å². The van der Waals surface area contributed by atoms with Crippen LogP contribution in [0, 0.1) is 5.92 Å². The number of hydrogen-bond donors (Lipinski definition) is 1. The summed E-state index contributed by atoms with van der Waals surface area (Å²) in [5.41, 5.74) is 0.864. The molecule has 2 aromatic rings. The summed E-state index contributed by atoms with van der Waals surface area (Å²) in [6.45, 7) is 2.77. The lowest BCUT2D eigenvalue weighted by Crippen LogP contribution is -2.21. The standard InChI is InChI=1S/C14H16ClN3O2/c15-12-3-1-11(2-4-12)14-16-13(17-20-14)8-18-6-5-10(7-18)9-19/h1-4,10,19H,5-9H2. The largest absolute Gasteiger partial charge is 0.396 e. The Hall–Kier alpha value is -1.43. The molecule has 2 heterocycles. The summed E-state index contributed by atoms with van der Waals surface area (Å²) in [5.74, 6) is 1.56. The lowest BCUT2D eigenvalue weighted by atomic mass is 10.1. The first-order chi connectivity index (χ1) is 9.74. The summed E-state index contributed by atoms with van der Waals surface area (Å²) in [4.78, 5) is 6.63. The van der Waals surface area contributed by atoms with Gasteiger partial charge in [-0.2, -0.15) is 4.98 Å². The molecule has 5 nitrogen and oxygen atoms in total. The smallest absolute Gasteiger partial charge is 0.257 e. The number of rotatable bonds is 4. The second-order valence-corrected chi connectivity index (χ2v) is 5.53. The van der Waals surface area contributed by atoms with Crippen molar-refractivity contribution in [1.82, 2.24) is 15.0 Å². The molecule has 1 aromatic carbocycles. The molecule has 1 atom stereocenters. The number of halogens is 1. The zero-order valence-corrected chi connectivity index (χ0v) is 11.8. The number of nitrogens with zero attached hydrogens (tertiary/aromatic N) is 3. The Balaban J connectivity index is 1.66. The van der Waals surface area contributed by atoms with Gasteiger partial charge in [0.25, 0.3) is 5.89 Å². The van der Waals surface area contributed by atoms with Crippen LogP contribution in [0.3, 0.4) is 0 Å². The zero-order chi connectivity index (χ0) is 13.9. The molecule has 1 aliphatic heterocycles. The van der Waals surface area contributed by atoms with Crippen LogP contribution in [0.25, 0.3) is 11.5 Å². The average molecular weight is 294 g/mol. The summed E-state index contributed by atoms with van der Waals surface area (Å²) in [6.07, 6.45) is 1.03. The molecule has 1 fully saturated rings. The first-order valence-corrected chi connectivity index (χ1v) is 7.04. The Kier molecular flexibility index (Phi) is 4.00. The number of aromatic nitrogens is 2. The van der Waals surface area contributed by atoms with Gasteiger partial charge in [-0.05, 0) is 43.1 Å². The molecule has 0 amide bonds. The van der Waals surface area contributed by atoms with Crippen LogP contribution in [-0.4, -0.2) is 39.8 Å². The van der Waals surface area contributed by atoms with E-state index >= 15 is 0 Å². The van der Waals surface area contributed by atoms with Gasteiger partial charge in [-0.1, -0.05) is 16.8 Å². The quantitative estimate of drug-likeness (QED) is 0.936. The van der Waals surface area contributed by atoms with Crippen LogP contribution in [0.2, 0.25) is 5.02 Å². The monoisotopic (exact) mass is 293 g/mol. The summed E-state index contributed by atoms with van der Waals surface area (Å²) in [6, 6.07) is 7.31. The van der Waals surface area contributed by atoms with E-state index in [2.05, 4.69) is 15.0 Å². The van der Waals surface area contributed by atoms with Crippen LogP contribution >= 0.6 is 11.6 Å². The van der Waals surface area contributed by atoms with E-state index in [0.29, 0.717) is 29.2 Å². The minimum Gasteiger partial charge on any atom is -0.396 e. The number of aliphatic hydroxyl groups is 1. The molecule has 0 bridgehead atoms. The van der Waals surface area contributed by atoms with Crippen molar-refractivity contribution in [2.45, 2.75) is 13.0 Å². The first-order valence-electron chi connectivity index (χ1n) is 6.66. The van der Waals surface area contributed by atoms with Gasteiger partial charge in [0.2, 0.25) is 0 Å². The van der Waals surface area contributed by atoms with Gasteiger partial charge in [0.1, 0.15) is 0 Å². The van der Waals surface area contributed by atoms with E-state index in [1.54, 1.807) is 12.1 Å². The third kappa shape index (κ3) is 3.00. The van der Waals surface area contributed by atoms with Crippen LogP contribution in [0.15, 0.2) is 28.8 Å². The highest BCUT2D eigenvalue weighted by Gasteiger charge is 2.23. The molecular formula is C14H16ClN3O2. The molecule has 106 valence electrons. The molecule has 1 aromatic heterocycles.